The predicted octanol–water partition coefficient (Wildman–Crippen LogP) is 0.282. The summed E-state index contributed by atoms with van der Waals surface area (Å²) in [5.41, 5.74) is 13.7. The van der Waals surface area contributed by atoms with Crippen LogP contribution in [0, 0.1) is 5.92 Å². The van der Waals surface area contributed by atoms with E-state index in [0.717, 1.165) is 11.1 Å². The van der Waals surface area contributed by atoms with Crippen LogP contribution in [0.3, 0.4) is 0 Å². The summed E-state index contributed by atoms with van der Waals surface area (Å²) in [7, 11) is 1.38. The van der Waals surface area contributed by atoms with Crippen molar-refractivity contribution in [3.05, 3.63) is 71.8 Å². The van der Waals surface area contributed by atoms with Crippen LogP contribution in [0.2, 0.25) is 0 Å². The van der Waals surface area contributed by atoms with Gasteiger partial charge < -0.3 is 43.0 Å². The number of nitrogens with zero attached hydrogens (tertiary/aromatic N) is 1. The monoisotopic (exact) mass is 720 g/mol. The number of hydrogen-bond donors (Lipinski definition) is 7. The summed E-state index contributed by atoms with van der Waals surface area (Å²) in [4.78, 5) is 80.2. The highest BCUT2D eigenvalue weighted by molar-refractivity contribution is 6.35. The first-order valence-electron chi connectivity index (χ1n) is 18.2. The molecule has 0 aromatic heterocycles. The molecule has 52 heavy (non-hydrogen) atoms. The highest BCUT2D eigenvalue weighted by Crippen LogP contribution is 2.15. The minimum atomic E-state index is -1.02. The van der Waals surface area contributed by atoms with E-state index in [1.807, 2.05) is 74.5 Å². The van der Waals surface area contributed by atoms with Gasteiger partial charge in [0.2, 0.25) is 23.6 Å². The summed E-state index contributed by atoms with van der Waals surface area (Å²) >= 11 is 0. The van der Waals surface area contributed by atoms with Crippen molar-refractivity contribution in [3.63, 3.8) is 0 Å². The number of rotatable bonds is 18. The van der Waals surface area contributed by atoms with Crippen molar-refractivity contribution in [2.45, 2.75) is 95.4 Å². The zero-order chi connectivity index (χ0) is 38.0. The van der Waals surface area contributed by atoms with Gasteiger partial charge in [-0.15, -0.1) is 0 Å². The Hall–Kier alpha value is -4.82. The maximum absolute atomic E-state index is 13.9. The fourth-order valence-electron chi connectivity index (χ4n) is 6.13. The van der Waals surface area contributed by atoms with Crippen molar-refractivity contribution < 1.29 is 28.8 Å². The largest absolute Gasteiger partial charge is 0.351 e. The van der Waals surface area contributed by atoms with Crippen LogP contribution in [0.1, 0.15) is 63.5 Å². The van der Waals surface area contributed by atoms with Crippen LogP contribution < -0.4 is 38.1 Å². The highest BCUT2D eigenvalue weighted by atomic mass is 16.2. The Morgan fingerprint density at radius 2 is 1.27 bits per heavy atom. The molecule has 1 aliphatic heterocycles. The molecule has 2 aromatic carbocycles. The number of amides is 6. The van der Waals surface area contributed by atoms with Gasteiger partial charge in [-0.05, 0) is 68.5 Å². The number of carbonyl (C=O) groups excluding carboxylic acids is 6. The summed E-state index contributed by atoms with van der Waals surface area (Å²) in [6, 6.07) is 14.6. The second-order valence-electron chi connectivity index (χ2n) is 13.7. The van der Waals surface area contributed by atoms with Crippen molar-refractivity contribution >= 4 is 35.4 Å². The van der Waals surface area contributed by atoms with Crippen molar-refractivity contribution in [3.8, 4) is 0 Å². The average molecular weight is 721 g/mol. The molecule has 1 aliphatic rings. The number of hydrogen-bond acceptors (Lipinski definition) is 8. The molecule has 9 N–H and O–H groups in total. The number of piperidine rings is 1. The molecule has 2 aromatic rings. The molecule has 4 atom stereocenters. The molecular weight excluding hydrogens is 664 g/mol. The summed E-state index contributed by atoms with van der Waals surface area (Å²) in [5.74, 6) is -3.26. The highest BCUT2D eigenvalue weighted by Gasteiger charge is 2.34. The van der Waals surface area contributed by atoms with E-state index < -0.39 is 53.7 Å². The van der Waals surface area contributed by atoms with Gasteiger partial charge in [-0.3, -0.25) is 28.8 Å². The molecule has 0 radical (unpaired) electrons. The van der Waals surface area contributed by atoms with Crippen LogP contribution in [0.15, 0.2) is 60.7 Å². The van der Waals surface area contributed by atoms with E-state index in [1.165, 1.54) is 7.05 Å². The number of likely N-dealkylation sites (N-methyl/N-ethyl adjacent to an activating group) is 1. The zero-order valence-corrected chi connectivity index (χ0v) is 30.6. The first-order chi connectivity index (χ1) is 24.9. The molecule has 1 heterocycles. The summed E-state index contributed by atoms with van der Waals surface area (Å²) in [6.07, 6.45) is 3.26. The number of nitrogens with two attached hydrogens (primary N) is 2. The lowest BCUT2D eigenvalue weighted by Gasteiger charge is -2.35. The van der Waals surface area contributed by atoms with E-state index in [-0.39, 0.29) is 37.1 Å². The van der Waals surface area contributed by atoms with Crippen LogP contribution >= 0.6 is 0 Å². The molecular formula is C38H56N8O6. The minimum absolute atomic E-state index is 0.00734. The number of unbranched alkanes of at least 4 members (excludes halogenated alkanes) is 1. The van der Waals surface area contributed by atoms with Gasteiger partial charge in [0.15, 0.2) is 0 Å². The van der Waals surface area contributed by atoms with E-state index >= 15 is 0 Å². The summed E-state index contributed by atoms with van der Waals surface area (Å²) in [6.45, 7) is 4.95. The van der Waals surface area contributed by atoms with Crippen molar-refractivity contribution in [1.29, 1.82) is 0 Å². The van der Waals surface area contributed by atoms with E-state index in [0.29, 0.717) is 51.7 Å². The molecule has 3 rings (SSSR count). The van der Waals surface area contributed by atoms with Gasteiger partial charge in [0.05, 0.1) is 6.04 Å². The lowest BCUT2D eigenvalue weighted by molar-refractivity contribution is -0.140. The number of nitrogens with one attached hydrogen (secondary N) is 5. The Bertz CT molecular complexity index is 1470. The Morgan fingerprint density at radius 1 is 0.731 bits per heavy atom. The number of likely N-dealkylation sites (tertiary alicyclic amines) is 1. The van der Waals surface area contributed by atoms with E-state index in [2.05, 4.69) is 26.6 Å². The zero-order valence-electron chi connectivity index (χ0n) is 30.6. The maximum Gasteiger partial charge on any atom is 0.309 e. The molecule has 6 amide bonds. The third-order valence-electron chi connectivity index (χ3n) is 9.03. The quantitative estimate of drug-likeness (QED) is 0.0837. The van der Waals surface area contributed by atoms with Gasteiger partial charge in [-0.1, -0.05) is 74.5 Å². The van der Waals surface area contributed by atoms with Crippen LogP contribution in [-0.4, -0.2) is 97.2 Å². The normalized spacial score (nSPS) is 15.5. The Balaban J connectivity index is 1.73. The Labute approximate surface area is 306 Å². The Morgan fingerprint density at radius 3 is 1.83 bits per heavy atom. The molecule has 0 unspecified atom stereocenters. The van der Waals surface area contributed by atoms with Crippen LogP contribution in [0.5, 0.6) is 0 Å². The second-order valence-corrected chi connectivity index (χ2v) is 13.7. The smallest absolute Gasteiger partial charge is 0.309 e. The predicted molar refractivity (Wildman–Crippen MR) is 198 cm³/mol. The Kier molecular flexibility index (Phi) is 17.2. The van der Waals surface area contributed by atoms with E-state index in [1.54, 1.807) is 4.90 Å². The fraction of sp³-hybridized carbons (Fsp3) is 0.526. The third kappa shape index (κ3) is 13.7. The van der Waals surface area contributed by atoms with Crippen molar-refractivity contribution in [2.75, 3.05) is 26.7 Å². The number of carbonyl (C=O) groups is 6. The molecule has 284 valence electrons. The second kappa shape index (κ2) is 21.5. The lowest BCUT2D eigenvalue weighted by Crippen LogP contribution is -2.59. The molecule has 1 fully saturated rings. The molecule has 14 heteroatoms. The van der Waals surface area contributed by atoms with Crippen molar-refractivity contribution in [1.82, 2.24) is 31.5 Å². The molecule has 0 bridgehead atoms. The molecule has 0 spiro atoms. The minimum Gasteiger partial charge on any atom is -0.351 e. The van der Waals surface area contributed by atoms with Gasteiger partial charge in [-0.25, -0.2) is 0 Å². The topological polar surface area (TPSA) is 218 Å². The lowest BCUT2D eigenvalue weighted by atomic mass is 9.99. The standard InChI is InChI=1S/C38H56N8O6/c1-25(2)22-31(34(48)43-30(16-10-11-19-39)38(52)46-20-17-28(18-21-46)42-37(51)36(50)41-3)45-35(49)32(24-27-14-8-5-9-15-27)44-33(47)29(40)23-26-12-6-4-7-13-26/h4-9,12-15,25,28-32H,10-11,16-24,39-40H2,1-3H3,(H,41,50)(H,42,51)(H,43,48)(H,44,47)(H,45,49)/t29-,30-,31-,32-/m1/s1. The van der Waals surface area contributed by atoms with E-state index in [9.17, 15) is 28.8 Å². The maximum atomic E-state index is 13.9. The van der Waals surface area contributed by atoms with Crippen LogP contribution in [-0.2, 0) is 41.6 Å². The van der Waals surface area contributed by atoms with Gasteiger partial charge in [0, 0.05) is 32.6 Å². The van der Waals surface area contributed by atoms with Gasteiger partial charge in [-0.2, -0.15) is 0 Å². The first-order valence-corrected chi connectivity index (χ1v) is 18.2. The fourth-order valence-corrected chi connectivity index (χ4v) is 6.13. The van der Waals surface area contributed by atoms with Gasteiger partial charge >= 0.3 is 11.8 Å². The number of benzene rings is 2. The van der Waals surface area contributed by atoms with Crippen LogP contribution in [0.25, 0.3) is 0 Å². The average Bonchev–Trinajstić information content (AvgIpc) is 3.14. The molecule has 0 aliphatic carbocycles. The molecule has 14 nitrogen and oxygen atoms in total. The summed E-state index contributed by atoms with van der Waals surface area (Å²) < 4.78 is 0. The third-order valence-corrected chi connectivity index (χ3v) is 9.03. The SMILES string of the molecule is CNC(=O)C(=O)NC1CCN(C(=O)[C@@H](CCCCN)NC(=O)[C@@H](CC(C)C)NC(=O)[C@@H](Cc2ccccc2)NC(=O)[C@H](N)Cc2ccccc2)CC1. The first kappa shape index (κ1) is 41.6. The van der Waals surface area contributed by atoms with E-state index in [4.69, 9.17) is 11.5 Å². The van der Waals surface area contributed by atoms with Gasteiger partial charge in [0.1, 0.15) is 18.1 Å². The van der Waals surface area contributed by atoms with Crippen LogP contribution in [0.4, 0.5) is 0 Å². The van der Waals surface area contributed by atoms with Crippen molar-refractivity contribution in [2.24, 2.45) is 17.4 Å². The van der Waals surface area contributed by atoms with Gasteiger partial charge in [0.25, 0.3) is 0 Å². The summed E-state index contributed by atoms with van der Waals surface area (Å²) in [5, 5.41) is 13.6. The molecule has 0 saturated carbocycles. The molecule has 1 saturated heterocycles.